The number of hydrogen-bond donors (Lipinski definition) is 2. The molecule has 0 amide bonds. The Morgan fingerprint density at radius 2 is 2.22 bits per heavy atom. The van der Waals surface area contributed by atoms with Crippen molar-refractivity contribution in [3.63, 3.8) is 0 Å². The van der Waals surface area contributed by atoms with Gasteiger partial charge in [0.1, 0.15) is 18.2 Å². The first-order valence-corrected chi connectivity index (χ1v) is 6.45. The summed E-state index contributed by atoms with van der Waals surface area (Å²) in [5.41, 5.74) is 6.22. The van der Waals surface area contributed by atoms with Crippen LogP contribution in [-0.4, -0.2) is 37.0 Å². The number of rotatable bonds is 4. The monoisotopic (exact) mass is 247 g/mol. The normalized spacial score (nSPS) is 20.6. The number of para-hydroxylation sites is 1. The molecule has 2 rings (SSSR count). The molecule has 1 atom stereocenters. The van der Waals surface area contributed by atoms with Crippen LogP contribution in [0.1, 0.15) is 24.8 Å². The van der Waals surface area contributed by atoms with E-state index in [9.17, 15) is 0 Å². The number of nitrogens with zero attached hydrogens (tertiary/aromatic N) is 1. The standard InChI is InChI=1S/C14H21N3O/c1-17-9-5-4-6-11(17)10-18-13-8-3-2-7-12(13)14(15)16/h2-3,7-8,11H,4-6,9-10H2,1H3,(H3,15,16). The van der Waals surface area contributed by atoms with Gasteiger partial charge in [-0.25, -0.2) is 0 Å². The Balaban J connectivity index is 1.99. The Morgan fingerprint density at radius 3 is 2.94 bits per heavy atom. The summed E-state index contributed by atoms with van der Waals surface area (Å²) in [6, 6.07) is 7.95. The maximum Gasteiger partial charge on any atom is 0.130 e. The van der Waals surface area contributed by atoms with Crippen LogP contribution in [0.25, 0.3) is 0 Å². The number of likely N-dealkylation sites (tertiary alicyclic amines) is 1. The molecule has 0 spiro atoms. The number of benzene rings is 1. The minimum atomic E-state index is 0.0580. The van der Waals surface area contributed by atoms with E-state index < -0.39 is 0 Å². The Labute approximate surface area is 108 Å². The van der Waals surface area contributed by atoms with Crippen LogP contribution < -0.4 is 10.5 Å². The Morgan fingerprint density at radius 1 is 1.44 bits per heavy atom. The number of amidine groups is 1. The van der Waals surface area contributed by atoms with Gasteiger partial charge in [0.2, 0.25) is 0 Å². The van der Waals surface area contributed by atoms with Gasteiger partial charge in [-0.3, -0.25) is 5.41 Å². The van der Waals surface area contributed by atoms with Crippen molar-refractivity contribution in [2.75, 3.05) is 20.2 Å². The maximum atomic E-state index is 7.53. The quantitative estimate of drug-likeness (QED) is 0.630. The zero-order valence-electron chi connectivity index (χ0n) is 10.9. The third-order valence-corrected chi connectivity index (χ3v) is 3.53. The fourth-order valence-corrected chi connectivity index (χ4v) is 2.36. The smallest absolute Gasteiger partial charge is 0.130 e. The highest BCUT2D eigenvalue weighted by molar-refractivity contribution is 5.97. The van der Waals surface area contributed by atoms with Gasteiger partial charge in [0.15, 0.2) is 0 Å². The highest BCUT2D eigenvalue weighted by Crippen LogP contribution is 2.20. The lowest BCUT2D eigenvalue weighted by Gasteiger charge is -2.32. The lowest BCUT2D eigenvalue weighted by molar-refractivity contribution is 0.125. The first-order chi connectivity index (χ1) is 8.68. The van der Waals surface area contributed by atoms with Gasteiger partial charge in [-0.2, -0.15) is 0 Å². The van der Waals surface area contributed by atoms with E-state index in [0.29, 0.717) is 24.0 Å². The number of nitrogen functional groups attached to an aromatic ring is 1. The molecule has 1 aromatic rings. The van der Waals surface area contributed by atoms with Crippen molar-refractivity contribution in [3.8, 4) is 5.75 Å². The molecule has 1 aromatic carbocycles. The number of nitrogens with one attached hydrogen (secondary N) is 1. The fourth-order valence-electron chi connectivity index (χ4n) is 2.36. The highest BCUT2D eigenvalue weighted by atomic mass is 16.5. The van der Waals surface area contributed by atoms with E-state index in [1.165, 1.54) is 19.3 Å². The molecule has 98 valence electrons. The third-order valence-electron chi connectivity index (χ3n) is 3.53. The van der Waals surface area contributed by atoms with Crippen molar-refractivity contribution in [3.05, 3.63) is 29.8 Å². The molecule has 1 heterocycles. The summed E-state index contributed by atoms with van der Waals surface area (Å²) < 4.78 is 5.85. The number of ether oxygens (including phenoxy) is 1. The number of likely N-dealkylation sites (N-methyl/N-ethyl adjacent to an activating group) is 1. The number of hydrogen-bond acceptors (Lipinski definition) is 3. The summed E-state index contributed by atoms with van der Waals surface area (Å²) in [5, 5.41) is 7.53. The van der Waals surface area contributed by atoms with Gasteiger partial charge >= 0.3 is 0 Å². The Bertz CT molecular complexity index is 419. The predicted molar refractivity (Wildman–Crippen MR) is 73.2 cm³/mol. The molecule has 1 aliphatic rings. The second kappa shape index (κ2) is 5.87. The fraction of sp³-hybridized carbons (Fsp3) is 0.500. The molecule has 4 heteroatoms. The second-order valence-corrected chi connectivity index (χ2v) is 4.85. The highest BCUT2D eigenvalue weighted by Gasteiger charge is 2.19. The summed E-state index contributed by atoms with van der Waals surface area (Å²) in [6.07, 6.45) is 3.72. The van der Waals surface area contributed by atoms with Crippen LogP contribution in [0.4, 0.5) is 0 Å². The number of nitrogens with two attached hydrogens (primary N) is 1. The predicted octanol–water partition coefficient (Wildman–Crippen LogP) is 1.83. The van der Waals surface area contributed by atoms with Crippen LogP contribution in [0.3, 0.4) is 0 Å². The topological polar surface area (TPSA) is 62.3 Å². The first-order valence-electron chi connectivity index (χ1n) is 6.45. The van der Waals surface area contributed by atoms with Crippen LogP contribution >= 0.6 is 0 Å². The van der Waals surface area contributed by atoms with Gasteiger partial charge in [-0.15, -0.1) is 0 Å². The van der Waals surface area contributed by atoms with Crippen molar-refractivity contribution < 1.29 is 4.74 Å². The van der Waals surface area contributed by atoms with Crippen molar-refractivity contribution in [2.45, 2.75) is 25.3 Å². The van der Waals surface area contributed by atoms with Crippen LogP contribution in [0.15, 0.2) is 24.3 Å². The molecule has 0 radical (unpaired) electrons. The Hall–Kier alpha value is -1.55. The SMILES string of the molecule is CN1CCCCC1COc1ccccc1C(=N)N. The molecule has 1 unspecified atom stereocenters. The van der Waals surface area contributed by atoms with E-state index in [1.807, 2.05) is 24.3 Å². The average molecular weight is 247 g/mol. The molecule has 1 saturated heterocycles. The van der Waals surface area contributed by atoms with Gasteiger partial charge in [0.25, 0.3) is 0 Å². The zero-order valence-corrected chi connectivity index (χ0v) is 10.9. The van der Waals surface area contributed by atoms with E-state index in [1.54, 1.807) is 0 Å². The van der Waals surface area contributed by atoms with Crippen LogP contribution in [0, 0.1) is 5.41 Å². The maximum absolute atomic E-state index is 7.53. The molecule has 0 aliphatic carbocycles. The minimum absolute atomic E-state index is 0.0580. The molecule has 1 aliphatic heterocycles. The van der Waals surface area contributed by atoms with Gasteiger partial charge < -0.3 is 15.4 Å². The summed E-state index contributed by atoms with van der Waals surface area (Å²) in [7, 11) is 2.14. The van der Waals surface area contributed by atoms with Crippen molar-refractivity contribution in [2.24, 2.45) is 5.73 Å². The third kappa shape index (κ3) is 3.01. The lowest BCUT2D eigenvalue weighted by atomic mass is 10.0. The van der Waals surface area contributed by atoms with E-state index in [4.69, 9.17) is 15.9 Å². The first kappa shape index (κ1) is 12.9. The second-order valence-electron chi connectivity index (χ2n) is 4.85. The summed E-state index contributed by atoms with van der Waals surface area (Å²) in [6.45, 7) is 1.81. The molecule has 0 bridgehead atoms. The largest absolute Gasteiger partial charge is 0.491 e. The zero-order chi connectivity index (χ0) is 13.0. The minimum Gasteiger partial charge on any atom is -0.491 e. The summed E-state index contributed by atoms with van der Waals surface area (Å²) in [4.78, 5) is 2.35. The van der Waals surface area contributed by atoms with Crippen molar-refractivity contribution >= 4 is 5.84 Å². The molecule has 4 nitrogen and oxygen atoms in total. The van der Waals surface area contributed by atoms with Crippen LogP contribution in [-0.2, 0) is 0 Å². The molecule has 18 heavy (non-hydrogen) atoms. The van der Waals surface area contributed by atoms with Gasteiger partial charge in [-0.1, -0.05) is 18.6 Å². The van der Waals surface area contributed by atoms with Gasteiger partial charge in [-0.05, 0) is 38.6 Å². The van der Waals surface area contributed by atoms with Crippen LogP contribution in [0.2, 0.25) is 0 Å². The van der Waals surface area contributed by atoms with Gasteiger partial charge in [0.05, 0.1) is 5.56 Å². The van der Waals surface area contributed by atoms with Crippen LogP contribution in [0.5, 0.6) is 5.75 Å². The molecule has 3 N–H and O–H groups in total. The van der Waals surface area contributed by atoms with E-state index in [-0.39, 0.29) is 5.84 Å². The molecule has 1 fully saturated rings. The van der Waals surface area contributed by atoms with E-state index in [2.05, 4.69) is 11.9 Å². The molecule has 0 aromatic heterocycles. The Kier molecular flexibility index (Phi) is 4.20. The molecular weight excluding hydrogens is 226 g/mol. The summed E-state index contributed by atoms with van der Waals surface area (Å²) in [5.74, 6) is 0.770. The molecule has 0 saturated carbocycles. The van der Waals surface area contributed by atoms with Crippen molar-refractivity contribution in [1.82, 2.24) is 4.90 Å². The van der Waals surface area contributed by atoms with Crippen molar-refractivity contribution in [1.29, 1.82) is 5.41 Å². The molecular formula is C14H21N3O. The average Bonchev–Trinajstić information content (AvgIpc) is 2.38. The number of piperidine rings is 1. The van der Waals surface area contributed by atoms with Gasteiger partial charge in [0, 0.05) is 6.04 Å². The van der Waals surface area contributed by atoms with E-state index in [0.717, 1.165) is 6.54 Å². The summed E-state index contributed by atoms with van der Waals surface area (Å²) >= 11 is 0. The lowest BCUT2D eigenvalue weighted by Crippen LogP contribution is -2.40. The van der Waals surface area contributed by atoms with E-state index >= 15 is 0 Å².